The van der Waals surface area contributed by atoms with Gasteiger partial charge in [-0.05, 0) is 134 Å². The average Bonchev–Trinajstić information content (AvgIpc) is 3.55. The molecule has 0 aliphatic heterocycles. The summed E-state index contributed by atoms with van der Waals surface area (Å²) in [5.41, 5.74) is 16.1. The van der Waals surface area contributed by atoms with E-state index >= 15 is 0 Å². The Morgan fingerprint density at radius 3 is 1.27 bits per heavy atom. The van der Waals surface area contributed by atoms with E-state index in [0.717, 1.165) is 0 Å². The lowest BCUT2D eigenvalue weighted by Gasteiger charge is -2.23. The first-order valence-electron chi connectivity index (χ1n) is 18.6. The van der Waals surface area contributed by atoms with Crippen molar-refractivity contribution >= 4 is 43.1 Å². The van der Waals surface area contributed by atoms with Crippen LogP contribution in [0, 0.1) is 0 Å². The zero-order valence-corrected chi connectivity index (χ0v) is 30.0. The van der Waals surface area contributed by atoms with E-state index in [0.29, 0.717) is 0 Å². The smallest absolute Gasteiger partial charge is 0.0159 e. The third kappa shape index (κ3) is 3.98. The third-order valence-corrected chi connectivity index (χ3v) is 12.7. The Labute approximate surface area is 305 Å². The molecule has 0 nitrogen and oxygen atoms in total. The zero-order chi connectivity index (χ0) is 34.9. The molecule has 0 radical (unpaired) electrons. The largest absolute Gasteiger partial charge is 0.0619 e. The molecule has 0 unspecified atom stereocenters. The molecule has 0 aromatic heterocycles. The third-order valence-electron chi connectivity index (χ3n) is 12.7. The van der Waals surface area contributed by atoms with E-state index in [1.54, 1.807) is 0 Å². The molecule has 0 bridgehead atoms. The molecule has 52 heavy (non-hydrogen) atoms. The topological polar surface area (TPSA) is 0 Å². The van der Waals surface area contributed by atoms with Crippen LogP contribution in [0.2, 0.25) is 0 Å². The highest BCUT2D eigenvalue weighted by Gasteiger charge is 2.37. The van der Waals surface area contributed by atoms with Gasteiger partial charge in [-0.25, -0.2) is 0 Å². The molecule has 11 rings (SSSR count). The molecule has 9 aromatic carbocycles. The summed E-state index contributed by atoms with van der Waals surface area (Å²) in [4.78, 5) is 0. The lowest BCUT2D eigenvalue weighted by atomic mass is 9.80. The van der Waals surface area contributed by atoms with Crippen molar-refractivity contribution in [3.8, 4) is 44.5 Å². The van der Waals surface area contributed by atoms with E-state index in [4.69, 9.17) is 0 Å². The van der Waals surface area contributed by atoms with Crippen LogP contribution in [0.3, 0.4) is 0 Å². The summed E-state index contributed by atoms with van der Waals surface area (Å²) >= 11 is 0. The van der Waals surface area contributed by atoms with E-state index in [1.807, 2.05) is 0 Å². The van der Waals surface area contributed by atoms with E-state index in [1.165, 1.54) is 110 Å². The molecule has 0 N–H and O–H groups in total. The minimum atomic E-state index is -0.117. The van der Waals surface area contributed by atoms with Gasteiger partial charge in [0.15, 0.2) is 0 Å². The van der Waals surface area contributed by atoms with Crippen LogP contribution in [0.5, 0.6) is 0 Å². The van der Waals surface area contributed by atoms with Gasteiger partial charge in [-0.2, -0.15) is 0 Å². The van der Waals surface area contributed by atoms with Crippen molar-refractivity contribution in [2.24, 2.45) is 0 Å². The lowest BCUT2D eigenvalue weighted by molar-refractivity contribution is 0.659. The molecule has 0 saturated heterocycles. The molecular weight excluding hydrogens is 625 g/mol. The van der Waals surface area contributed by atoms with Gasteiger partial charge in [-0.3, -0.25) is 0 Å². The number of benzene rings is 9. The number of rotatable bonds is 2. The molecule has 0 saturated carbocycles. The second-order valence-corrected chi connectivity index (χ2v) is 16.1. The maximum Gasteiger partial charge on any atom is 0.0159 e. The van der Waals surface area contributed by atoms with Gasteiger partial charge in [0.05, 0.1) is 0 Å². The molecule has 0 atom stereocenters. The molecule has 246 valence electrons. The standard InChI is InChI=1S/C52H38/c1-51(2)47-12-8-7-11-42(47)43-22-18-35(29-48(43)51)36-19-24-45-44-23-17-34(28-49(44)52(3,4)50(45)30-36)33-14-13-32-16-21-40-39-20-15-31-9-5-6-10-37(31)38(39)25-26-41(40)46(32)27-33/h5-30H,1-4H3. The SMILES string of the molecule is CC1(C)c2ccccc2-c2ccc(-c3ccc4c(c3)C(C)(C)c3cc(-c5ccc6ccc7c(ccc8c9ccccc9ccc87)c6c5)ccc3-4)cc21. The Morgan fingerprint density at radius 1 is 0.269 bits per heavy atom. The lowest BCUT2D eigenvalue weighted by Crippen LogP contribution is -2.15. The average molecular weight is 663 g/mol. The molecule has 0 heterocycles. The monoisotopic (exact) mass is 662 g/mol. The van der Waals surface area contributed by atoms with Crippen molar-refractivity contribution in [1.29, 1.82) is 0 Å². The van der Waals surface area contributed by atoms with Crippen molar-refractivity contribution < 1.29 is 0 Å². The van der Waals surface area contributed by atoms with Crippen LogP contribution >= 0.6 is 0 Å². The van der Waals surface area contributed by atoms with Crippen molar-refractivity contribution in [2.75, 3.05) is 0 Å². The highest BCUT2D eigenvalue weighted by atomic mass is 14.4. The van der Waals surface area contributed by atoms with Crippen LogP contribution < -0.4 is 0 Å². The van der Waals surface area contributed by atoms with Crippen LogP contribution in [0.4, 0.5) is 0 Å². The Hall–Kier alpha value is -5.98. The molecule has 0 heteroatoms. The highest BCUT2D eigenvalue weighted by molar-refractivity contribution is 6.22. The number of hydrogen-bond donors (Lipinski definition) is 0. The van der Waals surface area contributed by atoms with Gasteiger partial charge in [-0.1, -0.05) is 161 Å². The van der Waals surface area contributed by atoms with Gasteiger partial charge in [0.2, 0.25) is 0 Å². The van der Waals surface area contributed by atoms with Gasteiger partial charge in [0.25, 0.3) is 0 Å². The minimum Gasteiger partial charge on any atom is -0.0619 e. The van der Waals surface area contributed by atoms with Crippen molar-refractivity contribution in [1.82, 2.24) is 0 Å². The van der Waals surface area contributed by atoms with Gasteiger partial charge in [-0.15, -0.1) is 0 Å². The van der Waals surface area contributed by atoms with Crippen LogP contribution in [-0.4, -0.2) is 0 Å². The fourth-order valence-corrected chi connectivity index (χ4v) is 9.79. The summed E-state index contributed by atoms with van der Waals surface area (Å²) in [6.45, 7) is 9.53. The summed E-state index contributed by atoms with van der Waals surface area (Å²) in [7, 11) is 0. The van der Waals surface area contributed by atoms with Crippen LogP contribution in [0.15, 0.2) is 158 Å². The second-order valence-electron chi connectivity index (χ2n) is 16.1. The van der Waals surface area contributed by atoms with E-state index in [-0.39, 0.29) is 10.8 Å². The fourth-order valence-electron chi connectivity index (χ4n) is 9.79. The molecule has 0 amide bonds. The second kappa shape index (κ2) is 10.3. The number of fused-ring (bicyclic) bond motifs is 13. The summed E-state index contributed by atoms with van der Waals surface area (Å²) in [6, 6.07) is 59.8. The van der Waals surface area contributed by atoms with Crippen molar-refractivity contribution in [3.63, 3.8) is 0 Å². The molecule has 2 aliphatic rings. The fraction of sp³-hybridized carbons (Fsp3) is 0.115. The van der Waals surface area contributed by atoms with Crippen molar-refractivity contribution in [3.05, 3.63) is 180 Å². The summed E-state index contributed by atoms with van der Waals surface area (Å²) < 4.78 is 0. The maximum absolute atomic E-state index is 2.46. The summed E-state index contributed by atoms with van der Waals surface area (Å²) in [5.74, 6) is 0. The Balaban J connectivity index is 0.988. The molecular formula is C52H38. The van der Waals surface area contributed by atoms with Crippen LogP contribution in [0.1, 0.15) is 49.9 Å². The van der Waals surface area contributed by atoms with Crippen LogP contribution in [0.25, 0.3) is 87.6 Å². The Morgan fingerprint density at radius 2 is 0.654 bits per heavy atom. The predicted octanol–water partition coefficient (Wildman–Crippen LogP) is 14.2. The first kappa shape index (κ1) is 29.7. The summed E-state index contributed by atoms with van der Waals surface area (Å²) in [5, 5.41) is 10.4. The molecule has 0 spiro atoms. The Bertz CT molecular complexity index is 3010. The van der Waals surface area contributed by atoms with E-state index in [2.05, 4.69) is 185 Å². The number of hydrogen-bond acceptors (Lipinski definition) is 0. The van der Waals surface area contributed by atoms with E-state index < -0.39 is 0 Å². The predicted molar refractivity (Wildman–Crippen MR) is 222 cm³/mol. The Kier molecular flexibility index (Phi) is 5.89. The first-order chi connectivity index (χ1) is 25.3. The first-order valence-corrected chi connectivity index (χ1v) is 18.6. The normalized spacial score (nSPS) is 14.8. The van der Waals surface area contributed by atoms with Gasteiger partial charge < -0.3 is 0 Å². The minimum absolute atomic E-state index is 0.0116. The van der Waals surface area contributed by atoms with Gasteiger partial charge in [0.1, 0.15) is 0 Å². The van der Waals surface area contributed by atoms with Crippen molar-refractivity contribution in [2.45, 2.75) is 38.5 Å². The highest BCUT2D eigenvalue weighted by Crippen LogP contribution is 2.52. The molecule has 9 aromatic rings. The van der Waals surface area contributed by atoms with E-state index in [9.17, 15) is 0 Å². The zero-order valence-electron chi connectivity index (χ0n) is 30.0. The maximum atomic E-state index is 2.46. The summed E-state index contributed by atoms with van der Waals surface area (Å²) in [6.07, 6.45) is 0. The van der Waals surface area contributed by atoms with Gasteiger partial charge >= 0.3 is 0 Å². The molecule has 0 fully saturated rings. The quantitative estimate of drug-likeness (QED) is 0.162. The van der Waals surface area contributed by atoms with Crippen LogP contribution in [-0.2, 0) is 10.8 Å². The molecule has 2 aliphatic carbocycles. The van der Waals surface area contributed by atoms with Gasteiger partial charge in [0, 0.05) is 10.8 Å².